The molecule has 0 saturated carbocycles. The van der Waals surface area contributed by atoms with Crippen molar-refractivity contribution < 1.29 is 13.9 Å². The average Bonchev–Trinajstić information content (AvgIpc) is 3.16. The molecule has 3 aromatic rings. The van der Waals surface area contributed by atoms with E-state index < -0.39 is 0 Å². The molecule has 2 atom stereocenters. The van der Waals surface area contributed by atoms with E-state index in [2.05, 4.69) is 9.55 Å². The van der Waals surface area contributed by atoms with Crippen LogP contribution in [0.3, 0.4) is 0 Å². The van der Waals surface area contributed by atoms with Crippen LogP contribution in [0.15, 0.2) is 54.9 Å². The summed E-state index contributed by atoms with van der Waals surface area (Å²) < 4.78 is 20.9. The number of aromatic nitrogens is 2. The van der Waals surface area contributed by atoms with Gasteiger partial charge in [-0.3, -0.25) is 4.79 Å². The zero-order valence-electron chi connectivity index (χ0n) is 16.6. The van der Waals surface area contributed by atoms with E-state index in [1.54, 1.807) is 12.1 Å². The predicted octanol–water partition coefficient (Wildman–Crippen LogP) is 4.13. The molecule has 1 aliphatic rings. The summed E-state index contributed by atoms with van der Waals surface area (Å²) in [4.78, 5) is 19.4. The van der Waals surface area contributed by atoms with E-state index in [0.717, 1.165) is 30.4 Å². The first-order valence-electron chi connectivity index (χ1n) is 10.2. The molecular formula is C23H26FN3O2. The predicted molar refractivity (Wildman–Crippen MR) is 110 cm³/mol. The van der Waals surface area contributed by atoms with Crippen molar-refractivity contribution in [1.82, 2.24) is 14.5 Å². The number of halogens is 1. The Bertz CT molecular complexity index is 970. The summed E-state index contributed by atoms with van der Waals surface area (Å²) in [6.45, 7) is 4.63. The summed E-state index contributed by atoms with van der Waals surface area (Å²) in [5.41, 5.74) is 2.00. The van der Waals surface area contributed by atoms with Gasteiger partial charge < -0.3 is 14.2 Å². The van der Waals surface area contributed by atoms with Crippen LogP contribution in [-0.2, 0) is 11.3 Å². The van der Waals surface area contributed by atoms with Crippen LogP contribution in [0.25, 0.3) is 11.0 Å². The second-order valence-electron chi connectivity index (χ2n) is 7.84. The van der Waals surface area contributed by atoms with Gasteiger partial charge in [0.15, 0.2) is 0 Å². The molecule has 0 radical (unpaired) electrons. The average molecular weight is 395 g/mol. The van der Waals surface area contributed by atoms with Crippen LogP contribution in [0, 0.1) is 17.7 Å². The number of nitrogens with zero attached hydrogens (tertiary/aromatic N) is 3. The van der Waals surface area contributed by atoms with Gasteiger partial charge in [0.25, 0.3) is 0 Å². The number of likely N-dealkylation sites (tertiary alicyclic amines) is 1. The second kappa shape index (κ2) is 8.64. The number of hydrogen-bond donors (Lipinski definition) is 0. The number of amides is 1. The standard InChI is InChI=1S/C23H26FN3O2/c1-17(13-27-16-25-21-6-2-3-7-22(21)27)23(28)26-12-4-5-18(14-26)15-29-20-10-8-19(24)9-11-20/h2-3,6-11,16-18H,4-5,12-15H2,1H3/t17-,18+/m1/s1. The Morgan fingerprint density at radius 2 is 2.03 bits per heavy atom. The van der Waals surface area contributed by atoms with Crippen molar-refractivity contribution in [2.45, 2.75) is 26.3 Å². The Morgan fingerprint density at radius 1 is 1.24 bits per heavy atom. The van der Waals surface area contributed by atoms with Gasteiger partial charge in [-0.15, -0.1) is 0 Å². The number of piperidine rings is 1. The molecule has 0 unspecified atom stereocenters. The van der Waals surface area contributed by atoms with Crippen molar-refractivity contribution in [3.05, 3.63) is 60.7 Å². The van der Waals surface area contributed by atoms with E-state index in [-0.39, 0.29) is 17.6 Å². The lowest BCUT2D eigenvalue weighted by Gasteiger charge is -2.34. The number of benzene rings is 2. The third kappa shape index (κ3) is 4.58. The fourth-order valence-corrected chi connectivity index (χ4v) is 3.99. The van der Waals surface area contributed by atoms with E-state index in [1.165, 1.54) is 12.1 Å². The number of carbonyl (C=O) groups is 1. The molecule has 0 aliphatic carbocycles. The fourth-order valence-electron chi connectivity index (χ4n) is 3.99. The first kappa shape index (κ1) is 19.4. The van der Waals surface area contributed by atoms with Gasteiger partial charge in [0.2, 0.25) is 5.91 Å². The quantitative estimate of drug-likeness (QED) is 0.631. The van der Waals surface area contributed by atoms with Crippen LogP contribution in [0.2, 0.25) is 0 Å². The zero-order valence-corrected chi connectivity index (χ0v) is 16.6. The molecule has 4 rings (SSSR count). The minimum absolute atomic E-state index is 0.121. The van der Waals surface area contributed by atoms with Gasteiger partial charge in [-0.25, -0.2) is 9.37 Å². The Hall–Kier alpha value is -2.89. The number of ether oxygens (including phenoxy) is 1. The van der Waals surface area contributed by atoms with Crippen molar-refractivity contribution in [2.75, 3.05) is 19.7 Å². The number of carbonyl (C=O) groups excluding carboxylic acids is 1. The molecule has 1 saturated heterocycles. The third-order valence-electron chi connectivity index (χ3n) is 5.55. The molecule has 2 aromatic carbocycles. The lowest BCUT2D eigenvalue weighted by molar-refractivity contribution is -0.137. The molecule has 6 heteroatoms. The van der Waals surface area contributed by atoms with E-state index in [9.17, 15) is 9.18 Å². The van der Waals surface area contributed by atoms with Crippen molar-refractivity contribution in [1.29, 1.82) is 0 Å². The molecule has 0 N–H and O–H groups in total. The van der Waals surface area contributed by atoms with Gasteiger partial charge in [0.05, 0.1) is 29.9 Å². The first-order chi connectivity index (χ1) is 14.1. The van der Waals surface area contributed by atoms with Gasteiger partial charge in [-0.05, 0) is 49.2 Å². The second-order valence-corrected chi connectivity index (χ2v) is 7.84. The number of hydrogen-bond acceptors (Lipinski definition) is 3. The van der Waals surface area contributed by atoms with Crippen molar-refractivity contribution in [3.8, 4) is 5.75 Å². The first-order valence-corrected chi connectivity index (χ1v) is 10.2. The number of fused-ring (bicyclic) bond motifs is 1. The smallest absolute Gasteiger partial charge is 0.227 e. The summed E-state index contributed by atoms with van der Waals surface area (Å²) >= 11 is 0. The van der Waals surface area contributed by atoms with Gasteiger partial charge in [0, 0.05) is 25.6 Å². The van der Waals surface area contributed by atoms with Gasteiger partial charge in [0.1, 0.15) is 11.6 Å². The van der Waals surface area contributed by atoms with Gasteiger partial charge >= 0.3 is 0 Å². The molecule has 29 heavy (non-hydrogen) atoms. The summed E-state index contributed by atoms with van der Waals surface area (Å²) in [6, 6.07) is 14.0. The Kier molecular flexibility index (Phi) is 5.79. The summed E-state index contributed by atoms with van der Waals surface area (Å²) in [5.74, 6) is 0.735. The minimum atomic E-state index is -0.272. The van der Waals surface area contributed by atoms with Crippen molar-refractivity contribution in [3.63, 3.8) is 0 Å². The summed E-state index contributed by atoms with van der Waals surface area (Å²) in [7, 11) is 0. The Balaban J connectivity index is 1.33. The third-order valence-corrected chi connectivity index (χ3v) is 5.55. The highest BCUT2D eigenvalue weighted by Crippen LogP contribution is 2.22. The zero-order chi connectivity index (χ0) is 20.2. The highest BCUT2D eigenvalue weighted by molar-refractivity contribution is 5.79. The normalized spacial score (nSPS) is 18.0. The molecule has 152 valence electrons. The van der Waals surface area contributed by atoms with Crippen LogP contribution >= 0.6 is 0 Å². The van der Waals surface area contributed by atoms with Crippen molar-refractivity contribution >= 4 is 16.9 Å². The number of rotatable bonds is 6. The number of para-hydroxylation sites is 2. The lowest BCUT2D eigenvalue weighted by atomic mass is 9.97. The van der Waals surface area contributed by atoms with Crippen LogP contribution in [0.4, 0.5) is 4.39 Å². The maximum Gasteiger partial charge on any atom is 0.227 e. The molecule has 2 heterocycles. The van der Waals surface area contributed by atoms with Gasteiger partial charge in [-0.1, -0.05) is 19.1 Å². The Morgan fingerprint density at radius 3 is 2.86 bits per heavy atom. The topological polar surface area (TPSA) is 47.4 Å². The Labute approximate surface area is 170 Å². The maximum atomic E-state index is 13.0. The van der Waals surface area contributed by atoms with Crippen LogP contribution < -0.4 is 4.74 Å². The summed E-state index contributed by atoms with van der Waals surface area (Å²) in [5, 5.41) is 0. The maximum absolute atomic E-state index is 13.0. The molecule has 5 nitrogen and oxygen atoms in total. The summed E-state index contributed by atoms with van der Waals surface area (Å²) in [6.07, 6.45) is 3.82. The van der Waals surface area contributed by atoms with Crippen molar-refractivity contribution in [2.24, 2.45) is 11.8 Å². The largest absolute Gasteiger partial charge is 0.493 e. The van der Waals surface area contributed by atoms with E-state index in [0.29, 0.717) is 31.4 Å². The molecule has 0 spiro atoms. The highest BCUT2D eigenvalue weighted by atomic mass is 19.1. The van der Waals surface area contributed by atoms with Crippen LogP contribution in [-0.4, -0.2) is 40.1 Å². The molecule has 0 bridgehead atoms. The lowest BCUT2D eigenvalue weighted by Crippen LogP contribution is -2.44. The molecule has 1 fully saturated rings. The van der Waals surface area contributed by atoms with Crippen LogP contribution in [0.5, 0.6) is 5.75 Å². The highest BCUT2D eigenvalue weighted by Gasteiger charge is 2.27. The van der Waals surface area contributed by atoms with E-state index in [1.807, 2.05) is 42.4 Å². The van der Waals surface area contributed by atoms with Crippen LogP contribution in [0.1, 0.15) is 19.8 Å². The molecule has 1 amide bonds. The monoisotopic (exact) mass is 395 g/mol. The minimum Gasteiger partial charge on any atom is -0.493 e. The molecule has 1 aliphatic heterocycles. The fraction of sp³-hybridized carbons (Fsp3) is 0.391. The van der Waals surface area contributed by atoms with E-state index >= 15 is 0 Å². The van der Waals surface area contributed by atoms with E-state index in [4.69, 9.17) is 4.74 Å². The number of imidazole rings is 1. The molecule has 1 aromatic heterocycles. The molecular weight excluding hydrogens is 369 g/mol. The SMILES string of the molecule is C[C@H](Cn1cnc2ccccc21)C(=O)N1CCC[C@H](COc2ccc(F)cc2)C1. The van der Waals surface area contributed by atoms with Gasteiger partial charge in [-0.2, -0.15) is 0 Å².